The number of alkyl halides is 5. The van der Waals surface area contributed by atoms with Crippen LogP contribution < -0.4 is 0 Å². The molecule has 52 heavy (non-hydrogen) atoms. The van der Waals surface area contributed by atoms with Crippen molar-refractivity contribution in [1.82, 2.24) is 4.90 Å². The van der Waals surface area contributed by atoms with Crippen molar-refractivity contribution >= 4 is 22.9 Å². The molecule has 1 aliphatic carbocycles. The van der Waals surface area contributed by atoms with E-state index in [1.54, 1.807) is 6.92 Å². The minimum Gasteiger partial charge on any atom is -0.339 e. The van der Waals surface area contributed by atoms with E-state index < -0.39 is 19.0 Å². The highest BCUT2D eigenvalue weighted by molar-refractivity contribution is 5.96. The van der Waals surface area contributed by atoms with Gasteiger partial charge < -0.3 is 4.90 Å². The van der Waals surface area contributed by atoms with Crippen LogP contribution in [-0.4, -0.2) is 48.6 Å². The van der Waals surface area contributed by atoms with Gasteiger partial charge in [-0.3, -0.25) is 9.79 Å². The molecular formula is C44H61F5N2O. The lowest BCUT2D eigenvalue weighted by molar-refractivity contribution is 0.0708. The molecule has 2 aliphatic rings. The van der Waals surface area contributed by atoms with E-state index in [0.717, 1.165) is 92.1 Å². The second-order valence-corrected chi connectivity index (χ2v) is 14.1. The standard InChI is InChI=1S/C36H45FN2O.C6H12F2.C2H4F2/c1-7-24(3)35(38-34-15-10-9-12-25(34)4)28-18-20-39(21-19-28)36(40)31-16-17-33(26(5)22-31)32(8-2)30-14-11-13-29(23-30)27(6)37;1-3-5(2)4-6(7)8;1-2(3)4/h8-10,12-13,15-17,22-24,27-28H,7,11,14,18-21H2,1-6H3;5-6H,3-4H2,1-2H3;2H,1H3/b32-8-,38-35?;;. The summed E-state index contributed by atoms with van der Waals surface area (Å²) in [7, 11) is 0. The topological polar surface area (TPSA) is 32.7 Å². The normalized spacial score (nSPS) is 17.3. The fraction of sp³-hybridized carbons (Fsp3) is 0.545. The Bertz CT molecular complexity index is 1530. The van der Waals surface area contributed by atoms with E-state index in [-0.39, 0.29) is 18.2 Å². The number of aryl methyl sites for hydroxylation is 2. The highest BCUT2D eigenvalue weighted by atomic mass is 19.3. The number of nitrogens with zero attached hydrogens (tertiary/aromatic N) is 2. The predicted octanol–water partition coefficient (Wildman–Crippen LogP) is 13.3. The van der Waals surface area contributed by atoms with Crippen LogP contribution in [0.4, 0.5) is 27.6 Å². The molecule has 1 heterocycles. The molecule has 1 fully saturated rings. The number of hydrogen-bond acceptors (Lipinski definition) is 2. The van der Waals surface area contributed by atoms with Crippen molar-refractivity contribution in [2.24, 2.45) is 22.7 Å². The van der Waals surface area contributed by atoms with Crippen LogP contribution in [-0.2, 0) is 0 Å². The maximum Gasteiger partial charge on any atom is 0.253 e. The highest BCUT2D eigenvalue weighted by Crippen LogP contribution is 2.34. The number of hydrogen-bond donors (Lipinski definition) is 0. The first-order chi connectivity index (χ1) is 24.6. The van der Waals surface area contributed by atoms with Crippen LogP contribution in [0, 0.1) is 31.6 Å². The lowest BCUT2D eigenvalue weighted by Crippen LogP contribution is -2.41. The second kappa shape index (κ2) is 22.5. The van der Waals surface area contributed by atoms with E-state index in [0.29, 0.717) is 11.8 Å². The van der Waals surface area contributed by atoms with Crippen molar-refractivity contribution in [3.8, 4) is 0 Å². The van der Waals surface area contributed by atoms with Gasteiger partial charge in [-0.2, -0.15) is 0 Å². The van der Waals surface area contributed by atoms with Gasteiger partial charge in [0.1, 0.15) is 6.17 Å². The minimum atomic E-state index is -2.17. The summed E-state index contributed by atoms with van der Waals surface area (Å²) in [4.78, 5) is 20.7. The molecule has 0 radical (unpaired) electrons. The molecule has 0 spiro atoms. The number of likely N-dealkylation sites (tertiary alicyclic amines) is 1. The third-order valence-corrected chi connectivity index (χ3v) is 9.95. The van der Waals surface area contributed by atoms with Crippen molar-refractivity contribution in [2.45, 2.75) is 126 Å². The average molecular weight is 729 g/mol. The molecule has 4 rings (SSSR count). The van der Waals surface area contributed by atoms with Crippen LogP contribution in [0.1, 0.15) is 120 Å². The zero-order chi connectivity index (χ0) is 39.0. The van der Waals surface area contributed by atoms with Gasteiger partial charge in [0.15, 0.2) is 0 Å². The van der Waals surface area contributed by atoms with E-state index in [9.17, 15) is 26.7 Å². The van der Waals surface area contributed by atoms with E-state index in [2.05, 4.69) is 64.1 Å². The molecule has 3 atom stereocenters. The minimum absolute atomic E-state index is 0.0521. The molecule has 3 nitrogen and oxygen atoms in total. The summed E-state index contributed by atoms with van der Waals surface area (Å²) in [5.41, 5.74) is 9.51. The zero-order valence-corrected chi connectivity index (χ0v) is 32.8. The van der Waals surface area contributed by atoms with Crippen LogP contribution in [0.3, 0.4) is 0 Å². The Hall–Kier alpha value is -3.55. The third kappa shape index (κ3) is 14.1. The Morgan fingerprint density at radius 3 is 2.06 bits per heavy atom. The first-order valence-electron chi connectivity index (χ1n) is 18.9. The van der Waals surface area contributed by atoms with Crippen molar-refractivity contribution < 1.29 is 26.7 Å². The summed E-state index contributed by atoms with van der Waals surface area (Å²) in [6.07, 6.45) is 6.46. The molecule has 8 heteroatoms. The van der Waals surface area contributed by atoms with Crippen molar-refractivity contribution in [2.75, 3.05) is 13.1 Å². The van der Waals surface area contributed by atoms with E-state index in [1.807, 2.05) is 50.0 Å². The largest absolute Gasteiger partial charge is 0.339 e. The van der Waals surface area contributed by atoms with Crippen molar-refractivity contribution in [3.63, 3.8) is 0 Å². The van der Waals surface area contributed by atoms with Gasteiger partial charge in [-0.25, -0.2) is 22.0 Å². The van der Waals surface area contributed by atoms with Crippen molar-refractivity contribution in [1.29, 1.82) is 0 Å². The summed E-state index contributed by atoms with van der Waals surface area (Å²) in [6.45, 7) is 18.4. The SMILES string of the molecule is C/C=C(/C1=CC(C(C)F)=CCC1)c1ccc(C(=O)N2CCC(C(=Nc3ccccc3C)C(C)CC)CC2)cc1C.CC(F)F.CCC(C)CC(F)F. The number of allylic oxidation sites excluding steroid dienone is 6. The fourth-order valence-electron chi connectivity index (χ4n) is 6.50. The van der Waals surface area contributed by atoms with Gasteiger partial charge in [0.25, 0.3) is 5.91 Å². The maximum atomic E-state index is 14.0. The number of amides is 1. The zero-order valence-electron chi connectivity index (χ0n) is 32.8. The Kier molecular flexibility index (Phi) is 19.3. The number of para-hydroxylation sites is 1. The number of carbonyl (C=O) groups is 1. The predicted molar refractivity (Wildman–Crippen MR) is 209 cm³/mol. The van der Waals surface area contributed by atoms with Crippen LogP contribution in [0.5, 0.6) is 0 Å². The Labute approximate surface area is 310 Å². The highest BCUT2D eigenvalue weighted by Gasteiger charge is 2.29. The summed E-state index contributed by atoms with van der Waals surface area (Å²) in [5.74, 6) is 1.09. The quantitative estimate of drug-likeness (QED) is 0.167. The Balaban J connectivity index is 0.000000672. The number of halogens is 5. The first-order valence-corrected chi connectivity index (χ1v) is 18.9. The van der Waals surface area contributed by atoms with Gasteiger partial charge >= 0.3 is 0 Å². The van der Waals surface area contributed by atoms with Gasteiger partial charge in [-0.15, -0.1) is 0 Å². The van der Waals surface area contributed by atoms with E-state index in [4.69, 9.17) is 4.99 Å². The number of aliphatic imine (C=N–C) groups is 1. The lowest BCUT2D eigenvalue weighted by atomic mass is 9.84. The second-order valence-electron chi connectivity index (χ2n) is 14.1. The van der Waals surface area contributed by atoms with Gasteiger partial charge in [0.2, 0.25) is 12.9 Å². The summed E-state index contributed by atoms with van der Waals surface area (Å²) in [6, 6.07) is 14.4. The molecule has 1 amide bonds. The molecule has 0 bridgehead atoms. The van der Waals surface area contributed by atoms with Gasteiger partial charge in [-0.05, 0) is 130 Å². The molecular weight excluding hydrogens is 667 g/mol. The van der Waals surface area contributed by atoms with Gasteiger partial charge in [0, 0.05) is 36.7 Å². The van der Waals surface area contributed by atoms with E-state index >= 15 is 0 Å². The summed E-state index contributed by atoms with van der Waals surface area (Å²) >= 11 is 0. The fourth-order valence-corrected chi connectivity index (χ4v) is 6.50. The summed E-state index contributed by atoms with van der Waals surface area (Å²) in [5, 5.41) is 0. The Morgan fingerprint density at radius 1 is 0.923 bits per heavy atom. The molecule has 0 N–H and O–H groups in total. The number of benzene rings is 2. The van der Waals surface area contributed by atoms with Crippen LogP contribution >= 0.6 is 0 Å². The molecule has 2 aromatic rings. The third-order valence-electron chi connectivity index (χ3n) is 9.95. The monoisotopic (exact) mass is 728 g/mol. The molecule has 0 aromatic heterocycles. The lowest BCUT2D eigenvalue weighted by Gasteiger charge is -2.34. The number of rotatable bonds is 11. The first kappa shape index (κ1) is 44.6. The molecule has 1 aliphatic heterocycles. The molecule has 288 valence electrons. The molecule has 2 aromatic carbocycles. The van der Waals surface area contributed by atoms with Crippen LogP contribution in [0.15, 0.2) is 76.8 Å². The van der Waals surface area contributed by atoms with Gasteiger partial charge in [-0.1, -0.05) is 76.6 Å². The van der Waals surface area contributed by atoms with Crippen molar-refractivity contribution in [3.05, 3.63) is 94.1 Å². The molecule has 3 unspecified atom stereocenters. The van der Waals surface area contributed by atoms with Gasteiger partial charge in [0.05, 0.1) is 5.69 Å². The number of piperidine rings is 1. The van der Waals surface area contributed by atoms with Crippen LogP contribution in [0.25, 0.3) is 5.57 Å². The summed E-state index contributed by atoms with van der Waals surface area (Å²) < 4.78 is 57.6. The Morgan fingerprint density at radius 2 is 1.56 bits per heavy atom. The maximum absolute atomic E-state index is 14.0. The smallest absolute Gasteiger partial charge is 0.253 e. The van der Waals surface area contributed by atoms with E-state index in [1.165, 1.54) is 16.8 Å². The number of carbonyl (C=O) groups excluding carboxylic acids is 1. The molecule has 0 saturated carbocycles. The molecule has 1 saturated heterocycles. The van der Waals surface area contributed by atoms with Crippen LogP contribution in [0.2, 0.25) is 0 Å². The average Bonchev–Trinajstić information content (AvgIpc) is 3.11.